The smallest absolute Gasteiger partial charge is 0.549 e. The summed E-state index contributed by atoms with van der Waals surface area (Å²) in [5.41, 5.74) is 0. The summed E-state index contributed by atoms with van der Waals surface area (Å²) in [5, 5.41) is 16.7. The summed E-state index contributed by atoms with van der Waals surface area (Å²) >= 11 is 9.41. The normalized spacial score (nSPS) is 6.73. The first-order valence-electron chi connectivity index (χ1n) is 2.08. The van der Waals surface area contributed by atoms with E-state index in [0.717, 1.165) is 0 Å². The van der Waals surface area contributed by atoms with Gasteiger partial charge in [0.05, 0.1) is 11.8 Å². The van der Waals surface area contributed by atoms with Crippen LogP contribution in [0.2, 0.25) is 0 Å². The summed E-state index contributed by atoms with van der Waals surface area (Å²) in [5.74, 6) is -2.93. The topological polar surface area (TPSA) is 77.4 Å². The van der Waals surface area contributed by atoms with Gasteiger partial charge in [0.1, 0.15) is 5.88 Å². The van der Waals surface area contributed by atoms with Crippen LogP contribution in [0.4, 0.5) is 0 Å². The fraction of sp³-hybridized carbons (Fsp3) is 0.500. The van der Waals surface area contributed by atoms with E-state index >= 15 is 0 Å². The molecule has 0 aromatic heterocycles. The molecule has 0 aliphatic carbocycles. The number of aliphatic carboxylic acids is 2. The van der Waals surface area contributed by atoms with E-state index in [9.17, 15) is 4.79 Å². The van der Waals surface area contributed by atoms with Gasteiger partial charge in [-0.25, -0.2) is 0 Å². The fourth-order valence-electron chi connectivity index (χ4n) is 0. The van der Waals surface area contributed by atoms with Gasteiger partial charge in [-0.1, -0.05) is 0 Å². The van der Waals surface area contributed by atoms with E-state index < -0.39 is 17.8 Å². The van der Waals surface area contributed by atoms with Crippen LogP contribution in [0.3, 0.4) is 0 Å². The summed E-state index contributed by atoms with van der Waals surface area (Å²) in [4.78, 5) is 18.4. The van der Waals surface area contributed by atoms with Crippen LogP contribution in [0.15, 0.2) is 0 Å². The molecule has 1 N–H and O–H groups in total. The molecule has 0 saturated carbocycles. The third kappa shape index (κ3) is 35.2. The minimum absolute atomic E-state index is 0. The van der Waals surface area contributed by atoms with Crippen LogP contribution in [-0.2, 0) is 9.59 Å². The van der Waals surface area contributed by atoms with E-state index in [1.165, 1.54) is 0 Å². The second kappa shape index (κ2) is 13.7. The van der Waals surface area contributed by atoms with Crippen LogP contribution >= 0.6 is 23.2 Å². The van der Waals surface area contributed by atoms with E-state index in [1.807, 2.05) is 0 Å². The zero-order chi connectivity index (χ0) is 8.57. The molecule has 60 valence electrons. The van der Waals surface area contributed by atoms with Crippen molar-refractivity contribution < 1.29 is 71.2 Å². The molecule has 11 heavy (non-hydrogen) atoms. The SMILES string of the molecule is O=C(O)CCl.O=C([O-])CCl.[K+]. The zero-order valence-electron chi connectivity index (χ0n) is 5.84. The number of halogens is 2. The number of carbonyl (C=O) groups is 2. The Balaban J connectivity index is -0.000000107. The molecule has 0 unspecified atom stereocenters. The van der Waals surface area contributed by atoms with E-state index in [-0.39, 0.29) is 57.3 Å². The number of hydrogen-bond donors (Lipinski definition) is 1. The Kier molecular flexibility index (Phi) is 22.5. The molecule has 0 bridgehead atoms. The summed E-state index contributed by atoms with van der Waals surface area (Å²) in [7, 11) is 0. The first-order valence-corrected chi connectivity index (χ1v) is 3.15. The summed E-state index contributed by atoms with van der Waals surface area (Å²) in [6.07, 6.45) is 0. The molecule has 0 radical (unpaired) electrons. The second-order valence-electron chi connectivity index (χ2n) is 1.03. The number of alkyl halides is 2. The van der Waals surface area contributed by atoms with Crippen molar-refractivity contribution in [2.24, 2.45) is 0 Å². The van der Waals surface area contributed by atoms with Crippen LogP contribution in [-0.4, -0.2) is 28.8 Å². The van der Waals surface area contributed by atoms with Gasteiger partial charge in [-0.3, -0.25) is 4.79 Å². The van der Waals surface area contributed by atoms with Crippen LogP contribution < -0.4 is 56.5 Å². The number of carboxylic acid groups (broad SMARTS) is 2. The molecule has 0 aliphatic heterocycles. The van der Waals surface area contributed by atoms with Gasteiger partial charge < -0.3 is 15.0 Å². The minimum Gasteiger partial charge on any atom is -0.549 e. The summed E-state index contributed by atoms with van der Waals surface area (Å²) < 4.78 is 0. The van der Waals surface area contributed by atoms with E-state index in [1.54, 1.807) is 0 Å². The van der Waals surface area contributed by atoms with Crippen molar-refractivity contribution in [3.63, 3.8) is 0 Å². The largest absolute Gasteiger partial charge is 1.00 e. The van der Waals surface area contributed by atoms with Gasteiger partial charge in [-0.2, -0.15) is 0 Å². The quantitative estimate of drug-likeness (QED) is 0.389. The summed E-state index contributed by atoms with van der Waals surface area (Å²) in [6, 6.07) is 0. The van der Waals surface area contributed by atoms with Crippen molar-refractivity contribution in [1.29, 1.82) is 0 Å². The molecular weight excluding hydrogens is 222 g/mol. The fourth-order valence-corrected chi connectivity index (χ4v) is 0. The van der Waals surface area contributed by atoms with Gasteiger partial charge in [-0.05, 0) is 0 Å². The van der Waals surface area contributed by atoms with Crippen molar-refractivity contribution in [2.45, 2.75) is 0 Å². The zero-order valence-corrected chi connectivity index (χ0v) is 10.5. The Morgan fingerprint density at radius 3 is 1.45 bits per heavy atom. The molecule has 0 aromatic rings. The van der Waals surface area contributed by atoms with Gasteiger partial charge in [0.25, 0.3) is 0 Å². The first-order chi connectivity index (χ1) is 4.54. The average Bonchev–Trinajstić information content (AvgIpc) is 1.89. The summed E-state index contributed by atoms with van der Waals surface area (Å²) in [6.45, 7) is 0. The molecule has 0 saturated heterocycles. The van der Waals surface area contributed by atoms with Crippen LogP contribution in [0.1, 0.15) is 0 Å². The molecule has 0 fully saturated rings. The van der Waals surface area contributed by atoms with Crippen molar-refractivity contribution in [3.05, 3.63) is 0 Å². The maximum absolute atomic E-state index is 9.24. The van der Waals surface area contributed by atoms with Crippen molar-refractivity contribution in [3.8, 4) is 0 Å². The van der Waals surface area contributed by atoms with Crippen LogP contribution in [0.25, 0.3) is 0 Å². The molecular formula is C4H5Cl2KO4. The van der Waals surface area contributed by atoms with Crippen LogP contribution in [0, 0.1) is 0 Å². The first kappa shape index (κ1) is 18.0. The second-order valence-corrected chi connectivity index (χ2v) is 1.57. The third-order valence-electron chi connectivity index (χ3n) is 0.223. The number of rotatable bonds is 2. The Morgan fingerprint density at radius 1 is 1.27 bits per heavy atom. The standard InChI is InChI=1S/2C2H3ClO2.K/c2*3-1-2(4)5;/h2*1H2,(H,4,5);/q;;+1/p-1. The molecule has 0 rings (SSSR count). The van der Waals surface area contributed by atoms with Crippen molar-refractivity contribution >= 4 is 35.1 Å². The Bertz CT molecular complexity index is 105. The molecule has 0 atom stereocenters. The monoisotopic (exact) mass is 226 g/mol. The van der Waals surface area contributed by atoms with E-state index in [0.29, 0.717) is 0 Å². The molecule has 0 aliphatic rings. The van der Waals surface area contributed by atoms with Crippen molar-refractivity contribution in [2.75, 3.05) is 11.8 Å². The van der Waals surface area contributed by atoms with Gasteiger partial charge >= 0.3 is 57.4 Å². The minimum atomic E-state index is -1.23. The molecule has 4 nitrogen and oxygen atoms in total. The van der Waals surface area contributed by atoms with Gasteiger partial charge in [0.15, 0.2) is 0 Å². The molecule has 0 amide bonds. The number of carboxylic acids is 2. The maximum atomic E-state index is 9.24. The van der Waals surface area contributed by atoms with Gasteiger partial charge in [0, 0.05) is 0 Å². The van der Waals surface area contributed by atoms with Crippen LogP contribution in [0.5, 0.6) is 0 Å². The molecule has 7 heteroatoms. The van der Waals surface area contributed by atoms with Gasteiger partial charge in [0.2, 0.25) is 0 Å². The van der Waals surface area contributed by atoms with E-state index in [4.69, 9.17) is 26.6 Å². The van der Waals surface area contributed by atoms with Gasteiger partial charge in [-0.15, -0.1) is 23.2 Å². The Morgan fingerprint density at radius 2 is 1.45 bits per heavy atom. The van der Waals surface area contributed by atoms with Crippen molar-refractivity contribution in [1.82, 2.24) is 0 Å². The number of hydrogen-bond acceptors (Lipinski definition) is 3. The van der Waals surface area contributed by atoms with E-state index in [2.05, 4.69) is 11.6 Å². The predicted octanol–water partition coefficient (Wildman–Crippen LogP) is -3.71. The molecule has 0 aromatic carbocycles. The Hall–Kier alpha value is 1.16. The predicted molar refractivity (Wildman–Crippen MR) is 34.1 cm³/mol. The number of carbonyl (C=O) groups excluding carboxylic acids is 1. The molecule has 0 heterocycles. The molecule has 0 spiro atoms. The third-order valence-corrected chi connectivity index (χ3v) is 0.670. The Labute approximate surface area is 116 Å². The average molecular weight is 227 g/mol. The maximum Gasteiger partial charge on any atom is 1.00 e.